The zero-order chi connectivity index (χ0) is 28.0. The molecule has 206 valence electrons. The Kier molecular flexibility index (Phi) is 9.11. The fourth-order valence-corrected chi connectivity index (χ4v) is 6.15. The molecule has 1 amide bonds. The average molecular weight is 552 g/mol. The number of sulfonamides is 1. The Morgan fingerprint density at radius 2 is 1.72 bits per heavy atom. The molecule has 10 heteroatoms. The molecule has 0 spiro atoms. The third kappa shape index (κ3) is 7.29. The number of nitrogens with zero attached hydrogens (tertiary/aromatic N) is 1. The van der Waals surface area contributed by atoms with Gasteiger partial charge in [-0.2, -0.15) is 4.72 Å². The number of nitrogen functional groups attached to an aromatic ring is 1. The minimum Gasteiger partial charge on any atom is -0.384 e. The van der Waals surface area contributed by atoms with E-state index in [2.05, 4.69) is 4.72 Å². The van der Waals surface area contributed by atoms with E-state index in [1.165, 1.54) is 24.3 Å². The zero-order valence-electron chi connectivity index (χ0n) is 21.6. The van der Waals surface area contributed by atoms with Gasteiger partial charge in [0.2, 0.25) is 15.9 Å². The van der Waals surface area contributed by atoms with Crippen LogP contribution in [-0.2, 0) is 21.2 Å². The van der Waals surface area contributed by atoms with Crippen molar-refractivity contribution in [2.24, 2.45) is 17.4 Å². The molecule has 3 aromatic rings. The predicted octanol–water partition coefficient (Wildman–Crippen LogP) is 3.25. The summed E-state index contributed by atoms with van der Waals surface area (Å²) in [6.07, 6.45) is 2.64. The van der Waals surface area contributed by atoms with E-state index in [0.717, 1.165) is 19.3 Å². The van der Waals surface area contributed by atoms with Gasteiger partial charge in [0.15, 0.2) is 0 Å². The van der Waals surface area contributed by atoms with Crippen molar-refractivity contribution in [2.75, 3.05) is 19.6 Å². The van der Waals surface area contributed by atoms with Crippen molar-refractivity contribution in [1.82, 2.24) is 9.62 Å². The fourth-order valence-electron chi connectivity index (χ4n) is 4.92. The molecular formula is C29H34FN5O3S. The second-order valence-corrected chi connectivity index (χ2v) is 11.6. The van der Waals surface area contributed by atoms with E-state index in [4.69, 9.17) is 16.9 Å². The fraction of sp³-hybridized carbons (Fsp3) is 0.310. The molecule has 1 fully saturated rings. The minimum atomic E-state index is -4.10. The van der Waals surface area contributed by atoms with Gasteiger partial charge in [-0.25, -0.2) is 12.8 Å². The van der Waals surface area contributed by atoms with Crippen molar-refractivity contribution in [1.29, 1.82) is 5.41 Å². The van der Waals surface area contributed by atoms with Gasteiger partial charge in [0.1, 0.15) is 17.7 Å². The molecule has 1 aliphatic heterocycles. The van der Waals surface area contributed by atoms with Crippen LogP contribution in [0, 0.1) is 17.1 Å². The third-order valence-electron chi connectivity index (χ3n) is 7.10. The van der Waals surface area contributed by atoms with Crippen LogP contribution >= 0.6 is 0 Å². The highest BCUT2D eigenvalue weighted by atomic mass is 32.2. The number of carbonyl (C=O) groups excluding carboxylic acids is 1. The number of nitrogens with one attached hydrogen (secondary N) is 2. The largest absolute Gasteiger partial charge is 0.384 e. The van der Waals surface area contributed by atoms with Crippen LogP contribution in [0.5, 0.6) is 0 Å². The van der Waals surface area contributed by atoms with E-state index in [9.17, 15) is 17.6 Å². The lowest BCUT2D eigenvalue weighted by molar-refractivity contribution is -0.134. The molecule has 0 radical (unpaired) electrons. The number of halogens is 1. The summed E-state index contributed by atoms with van der Waals surface area (Å²) >= 11 is 0. The molecule has 1 atom stereocenters. The Morgan fingerprint density at radius 1 is 1.03 bits per heavy atom. The van der Waals surface area contributed by atoms with E-state index in [0.29, 0.717) is 47.8 Å². The van der Waals surface area contributed by atoms with Crippen LogP contribution in [0.15, 0.2) is 77.7 Å². The number of rotatable bonds is 10. The van der Waals surface area contributed by atoms with E-state index in [1.807, 2.05) is 0 Å². The van der Waals surface area contributed by atoms with Gasteiger partial charge < -0.3 is 16.4 Å². The molecule has 0 aromatic heterocycles. The minimum absolute atomic E-state index is 0.00117. The first kappa shape index (κ1) is 28.4. The van der Waals surface area contributed by atoms with Gasteiger partial charge in [-0.3, -0.25) is 10.2 Å². The lowest BCUT2D eigenvalue weighted by Crippen LogP contribution is -2.51. The SMILES string of the molecule is N=C(N)c1cccc(C[C@@H](NS(=O)(=O)c2cccc(-c3ccc(F)cc3)c2)C(=O)N2CCC(CCN)CC2)c1. The monoisotopic (exact) mass is 551 g/mol. The topological polar surface area (TPSA) is 142 Å². The van der Waals surface area contributed by atoms with Crippen LogP contribution in [0.2, 0.25) is 0 Å². The van der Waals surface area contributed by atoms with Gasteiger partial charge in [0.25, 0.3) is 0 Å². The first-order valence-electron chi connectivity index (χ1n) is 13.0. The van der Waals surface area contributed by atoms with Crippen molar-refractivity contribution in [3.8, 4) is 11.1 Å². The Balaban J connectivity index is 1.60. The van der Waals surface area contributed by atoms with Crippen molar-refractivity contribution in [2.45, 2.75) is 36.6 Å². The lowest BCUT2D eigenvalue weighted by atomic mass is 9.93. The van der Waals surface area contributed by atoms with E-state index in [1.54, 1.807) is 53.4 Å². The first-order chi connectivity index (χ1) is 18.7. The Morgan fingerprint density at radius 3 is 2.38 bits per heavy atom. The van der Waals surface area contributed by atoms with E-state index < -0.39 is 16.1 Å². The standard InChI is InChI=1S/C29H34FN5O3S/c30-25-9-7-22(8-10-25)23-4-2-6-26(19-23)39(37,38)34-27(18-21-3-1-5-24(17-21)28(32)33)29(36)35-15-12-20(11-14-31)13-16-35/h1-10,17,19-20,27,34H,11-16,18,31H2,(H3,32,33)/t27-/m1/s1. The molecule has 1 heterocycles. The number of nitrogens with two attached hydrogens (primary N) is 2. The number of likely N-dealkylation sites (tertiary alicyclic amines) is 1. The maximum absolute atomic E-state index is 13.7. The Labute approximate surface area is 228 Å². The van der Waals surface area contributed by atoms with Crippen LogP contribution in [0.3, 0.4) is 0 Å². The van der Waals surface area contributed by atoms with Crippen molar-refractivity contribution >= 4 is 21.8 Å². The maximum atomic E-state index is 13.7. The summed E-state index contributed by atoms with van der Waals surface area (Å²) in [4.78, 5) is 15.4. The van der Waals surface area contributed by atoms with Crippen LogP contribution in [0.25, 0.3) is 11.1 Å². The number of piperidine rings is 1. The van der Waals surface area contributed by atoms with Gasteiger partial charge >= 0.3 is 0 Å². The van der Waals surface area contributed by atoms with Crippen LogP contribution < -0.4 is 16.2 Å². The van der Waals surface area contributed by atoms with E-state index in [-0.39, 0.29) is 28.9 Å². The van der Waals surface area contributed by atoms with Crippen molar-refractivity contribution in [3.63, 3.8) is 0 Å². The average Bonchev–Trinajstić information content (AvgIpc) is 2.93. The summed E-state index contributed by atoms with van der Waals surface area (Å²) in [6.45, 7) is 1.68. The molecule has 0 aliphatic carbocycles. The quantitative estimate of drug-likeness (QED) is 0.226. The first-order valence-corrected chi connectivity index (χ1v) is 14.4. The number of benzene rings is 3. The summed E-state index contributed by atoms with van der Waals surface area (Å²) in [5.41, 5.74) is 13.8. The normalized spacial score (nSPS) is 15.2. The molecule has 0 unspecified atom stereocenters. The van der Waals surface area contributed by atoms with Crippen LogP contribution in [-0.4, -0.2) is 50.7 Å². The Bertz CT molecular complexity index is 1420. The van der Waals surface area contributed by atoms with Crippen molar-refractivity contribution in [3.05, 3.63) is 89.7 Å². The zero-order valence-corrected chi connectivity index (χ0v) is 22.5. The summed E-state index contributed by atoms with van der Waals surface area (Å²) < 4.78 is 43.2. The maximum Gasteiger partial charge on any atom is 0.241 e. The van der Waals surface area contributed by atoms with Crippen LogP contribution in [0.1, 0.15) is 30.4 Å². The van der Waals surface area contributed by atoms with Gasteiger partial charge in [-0.15, -0.1) is 0 Å². The lowest BCUT2D eigenvalue weighted by Gasteiger charge is -2.34. The molecule has 3 aromatic carbocycles. The molecular weight excluding hydrogens is 517 g/mol. The number of amidine groups is 1. The molecule has 1 aliphatic rings. The number of hydrogen-bond donors (Lipinski definition) is 4. The molecule has 0 saturated carbocycles. The smallest absolute Gasteiger partial charge is 0.241 e. The molecule has 1 saturated heterocycles. The van der Waals surface area contributed by atoms with Crippen molar-refractivity contribution < 1.29 is 17.6 Å². The predicted molar refractivity (Wildman–Crippen MR) is 150 cm³/mol. The third-order valence-corrected chi connectivity index (χ3v) is 8.57. The number of hydrogen-bond acceptors (Lipinski definition) is 5. The van der Waals surface area contributed by atoms with Gasteiger partial charge in [-0.05, 0) is 85.2 Å². The van der Waals surface area contributed by atoms with E-state index >= 15 is 0 Å². The van der Waals surface area contributed by atoms with Crippen LogP contribution in [0.4, 0.5) is 4.39 Å². The number of amides is 1. The molecule has 8 nitrogen and oxygen atoms in total. The van der Waals surface area contributed by atoms with Gasteiger partial charge in [0, 0.05) is 18.7 Å². The highest BCUT2D eigenvalue weighted by Crippen LogP contribution is 2.24. The second-order valence-electron chi connectivity index (χ2n) is 9.87. The summed E-state index contributed by atoms with van der Waals surface area (Å²) in [5.74, 6) is -0.338. The highest BCUT2D eigenvalue weighted by Gasteiger charge is 2.32. The molecule has 39 heavy (non-hydrogen) atoms. The highest BCUT2D eigenvalue weighted by molar-refractivity contribution is 7.89. The van der Waals surface area contributed by atoms with Gasteiger partial charge in [-0.1, -0.05) is 42.5 Å². The summed E-state index contributed by atoms with van der Waals surface area (Å²) in [7, 11) is -4.10. The number of carbonyl (C=O) groups is 1. The summed E-state index contributed by atoms with van der Waals surface area (Å²) in [6, 6.07) is 18.0. The molecule has 4 rings (SSSR count). The molecule has 6 N–H and O–H groups in total. The summed E-state index contributed by atoms with van der Waals surface area (Å²) in [5, 5.41) is 7.73. The Hall–Kier alpha value is -3.60. The molecule has 0 bridgehead atoms. The second kappa shape index (κ2) is 12.5. The van der Waals surface area contributed by atoms with Gasteiger partial charge in [0.05, 0.1) is 4.90 Å².